The first-order valence-corrected chi connectivity index (χ1v) is 3.68. The van der Waals surface area contributed by atoms with Gasteiger partial charge in [0.1, 0.15) is 6.10 Å². The summed E-state index contributed by atoms with van der Waals surface area (Å²) in [4.78, 5) is 10.7. The minimum Gasteiger partial charge on any atom is -0.456 e. The van der Waals surface area contributed by atoms with Crippen molar-refractivity contribution in [3.8, 4) is 0 Å². The Hall–Kier alpha value is -0.830. The molecule has 3 heteroatoms. The van der Waals surface area contributed by atoms with Gasteiger partial charge in [0.15, 0.2) is 0 Å². The molecule has 0 aromatic carbocycles. The highest BCUT2D eigenvalue weighted by molar-refractivity contribution is 5.81. The molecule has 2 atom stereocenters. The zero-order valence-corrected chi connectivity index (χ0v) is 6.58. The molecule has 0 aromatic rings. The second-order valence-corrected chi connectivity index (χ2v) is 2.54. The molecule has 0 radical (unpaired) electrons. The summed E-state index contributed by atoms with van der Waals surface area (Å²) in [5.74, 6) is -0.368. The van der Waals surface area contributed by atoms with Gasteiger partial charge in [-0.25, -0.2) is 4.79 Å². The van der Waals surface area contributed by atoms with Crippen molar-refractivity contribution in [1.29, 1.82) is 0 Å². The first kappa shape index (κ1) is 8.27. The highest BCUT2D eigenvalue weighted by Crippen LogP contribution is 2.16. The fourth-order valence-electron chi connectivity index (χ4n) is 1.06. The predicted octanol–water partition coefficient (Wildman–Crippen LogP) is 0.893. The number of esters is 1. The molecule has 0 saturated carbocycles. The van der Waals surface area contributed by atoms with Crippen LogP contribution in [0.4, 0.5) is 0 Å². The molecule has 0 N–H and O–H groups in total. The normalized spacial score (nSPS) is 29.9. The number of carbonyl (C=O) groups is 1. The average Bonchev–Trinajstić information content (AvgIpc) is 2.37. The predicted molar refractivity (Wildman–Crippen MR) is 40.1 cm³/mol. The summed E-state index contributed by atoms with van der Waals surface area (Å²) in [5.41, 5.74) is 0. The summed E-state index contributed by atoms with van der Waals surface area (Å²) in [6.07, 6.45) is 1.91. The van der Waals surface area contributed by atoms with Crippen LogP contribution in [-0.2, 0) is 14.3 Å². The van der Waals surface area contributed by atoms with Crippen LogP contribution in [0, 0.1) is 0 Å². The van der Waals surface area contributed by atoms with Crippen LogP contribution in [0.3, 0.4) is 0 Å². The lowest BCUT2D eigenvalue weighted by Gasteiger charge is -2.13. The third kappa shape index (κ3) is 2.05. The third-order valence-corrected chi connectivity index (χ3v) is 1.74. The maximum absolute atomic E-state index is 10.7. The van der Waals surface area contributed by atoms with E-state index in [0.717, 1.165) is 6.42 Å². The van der Waals surface area contributed by atoms with Gasteiger partial charge in [-0.05, 0) is 6.92 Å². The van der Waals surface area contributed by atoms with E-state index in [0.29, 0.717) is 6.61 Å². The van der Waals surface area contributed by atoms with Crippen LogP contribution in [0.15, 0.2) is 12.7 Å². The van der Waals surface area contributed by atoms with Gasteiger partial charge in [-0.1, -0.05) is 6.58 Å². The lowest BCUT2D eigenvalue weighted by atomic mass is 10.2. The Balaban J connectivity index is 2.36. The van der Waals surface area contributed by atoms with Gasteiger partial charge in [-0.2, -0.15) is 0 Å². The molecule has 1 rings (SSSR count). The first-order chi connectivity index (χ1) is 5.24. The minimum atomic E-state index is -0.368. The van der Waals surface area contributed by atoms with E-state index < -0.39 is 0 Å². The van der Waals surface area contributed by atoms with Crippen molar-refractivity contribution in [3.05, 3.63) is 12.7 Å². The fourth-order valence-corrected chi connectivity index (χ4v) is 1.06. The Morgan fingerprint density at radius 1 is 1.82 bits per heavy atom. The van der Waals surface area contributed by atoms with Gasteiger partial charge in [0, 0.05) is 12.5 Å². The molecule has 1 saturated heterocycles. The molecule has 11 heavy (non-hydrogen) atoms. The number of ether oxygens (including phenoxy) is 2. The Kier molecular flexibility index (Phi) is 2.65. The summed E-state index contributed by atoms with van der Waals surface area (Å²) in [7, 11) is 0. The Morgan fingerprint density at radius 3 is 3.00 bits per heavy atom. The molecule has 62 valence electrons. The number of carbonyl (C=O) groups excluding carboxylic acids is 1. The van der Waals surface area contributed by atoms with E-state index in [1.54, 1.807) is 0 Å². The molecule has 0 amide bonds. The van der Waals surface area contributed by atoms with E-state index in [4.69, 9.17) is 9.47 Å². The molecular formula is C8H12O3. The molecule has 1 fully saturated rings. The minimum absolute atomic E-state index is 0.0268. The quantitative estimate of drug-likeness (QED) is 0.440. The summed E-state index contributed by atoms with van der Waals surface area (Å²) >= 11 is 0. The summed E-state index contributed by atoms with van der Waals surface area (Å²) < 4.78 is 10.2. The molecule has 0 spiro atoms. The number of rotatable bonds is 2. The van der Waals surface area contributed by atoms with E-state index in [1.807, 2.05) is 6.92 Å². The molecule has 1 heterocycles. The summed E-state index contributed by atoms with van der Waals surface area (Å²) in [5, 5.41) is 0. The Labute approximate surface area is 66.0 Å². The van der Waals surface area contributed by atoms with Gasteiger partial charge in [0.2, 0.25) is 0 Å². The van der Waals surface area contributed by atoms with E-state index in [2.05, 4.69) is 6.58 Å². The second kappa shape index (κ2) is 3.53. The second-order valence-electron chi connectivity index (χ2n) is 2.54. The van der Waals surface area contributed by atoms with Gasteiger partial charge in [-0.3, -0.25) is 0 Å². The van der Waals surface area contributed by atoms with Gasteiger partial charge < -0.3 is 9.47 Å². The van der Waals surface area contributed by atoms with Gasteiger partial charge in [-0.15, -0.1) is 0 Å². The van der Waals surface area contributed by atoms with Crippen LogP contribution in [0.2, 0.25) is 0 Å². The van der Waals surface area contributed by atoms with Gasteiger partial charge >= 0.3 is 5.97 Å². The van der Waals surface area contributed by atoms with Crippen molar-refractivity contribution in [1.82, 2.24) is 0 Å². The van der Waals surface area contributed by atoms with Gasteiger partial charge in [0.25, 0.3) is 0 Å². The monoisotopic (exact) mass is 156 g/mol. The Bertz CT molecular complexity index is 165. The standard InChI is InChI=1S/C8H12O3/c1-3-8(9)11-7-4-5-10-6(7)2/h3,6-7H,1,4-5H2,2H3. The van der Waals surface area contributed by atoms with Crippen molar-refractivity contribution in [2.24, 2.45) is 0 Å². The smallest absolute Gasteiger partial charge is 0.330 e. The molecule has 0 aliphatic carbocycles. The van der Waals surface area contributed by atoms with Crippen LogP contribution in [0.1, 0.15) is 13.3 Å². The lowest BCUT2D eigenvalue weighted by Crippen LogP contribution is -2.23. The molecule has 0 bridgehead atoms. The van der Waals surface area contributed by atoms with E-state index in [-0.39, 0.29) is 18.2 Å². The third-order valence-electron chi connectivity index (χ3n) is 1.74. The van der Waals surface area contributed by atoms with Crippen LogP contribution in [0.5, 0.6) is 0 Å². The highest BCUT2D eigenvalue weighted by atomic mass is 16.6. The first-order valence-electron chi connectivity index (χ1n) is 3.68. The summed E-state index contributed by atoms with van der Waals surface area (Å²) in [6, 6.07) is 0. The molecule has 0 aromatic heterocycles. The fraction of sp³-hybridized carbons (Fsp3) is 0.625. The zero-order chi connectivity index (χ0) is 8.27. The van der Waals surface area contributed by atoms with Gasteiger partial charge in [0.05, 0.1) is 12.7 Å². The lowest BCUT2D eigenvalue weighted by molar-refractivity contribution is -0.145. The van der Waals surface area contributed by atoms with Crippen LogP contribution >= 0.6 is 0 Å². The molecule has 1 aliphatic rings. The Morgan fingerprint density at radius 2 is 2.55 bits per heavy atom. The van der Waals surface area contributed by atoms with E-state index in [1.165, 1.54) is 6.08 Å². The highest BCUT2D eigenvalue weighted by Gasteiger charge is 2.26. The van der Waals surface area contributed by atoms with E-state index in [9.17, 15) is 4.79 Å². The van der Waals surface area contributed by atoms with Crippen molar-refractivity contribution in [2.45, 2.75) is 25.6 Å². The van der Waals surface area contributed by atoms with E-state index >= 15 is 0 Å². The maximum atomic E-state index is 10.7. The van der Waals surface area contributed by atoms with Crippen LogP contribution in [0.25, 0.3) is 0 Å². The topological polar surface area (TPSA) is 35.5 Å². The molecule has 2 unspecified atom stereocenters. The molecule has 1 aliphatic heterocycles. The van der Waals surface area contributed by atoms with Crippen LogP contribution < -0.4 is 0 Å². The molecule has 3 nitrogen and oxygen atoms in total. The number of hydrogen-bond donors (Lipinski definition) is 0. The SMILES string of the molecule is C=CC(=O)OC1CCOC1C. The summed E-state index contributed by atoms with van der Waals surface area (Å²) in [6.45, 7) is 5.89. The van der Waals surface area contributed by atoms with Crippen molar-refractivity contribution >= 4 is 5.97 Å². The van der Waals surface area contributed by atoms with Crippen molar-refractivity contribution < 1.29 is 14.3 Å². The largest absolute Gasteiger partial charge is 0.456 e. The van der Waals surface area contributed by atoms with Crippen LogP contribution in [-0.4, -0.2) is 24.8 Å². The maximum Gasteiger partial charge on any atom is 0.330 e. The average molecular weight is 156 g/mol. The van der Waals surface area contributed by atoms with Crippen molar-refractivity contribution in [2.75, 3.05) is 6.61 Å². The zero-order valence-electron chi connectivity index (χ0n) is 6.58. The van der Waals surface area contributed by atoms with Crippen molar-refractivity contribution in [3.63, 3.8) is 0 Å². The molecular weight excluding hydrogens is 144 g/mol. The number of hydrogen-bond acceptors (Lipinski definition) is 3.